The van der Waals surface area contributed by atoms with E-state index in [9.17, 15) is 9.59 Å². The maximum absolute atomic E-state index is 11.5. The van der Waals surface area contributed by atoms with Crippen molar-refractivity contribution in [1.29, 1.82) is 0 Å². The molecule has 1 aromatic heterocycles. The van der Waals surface area contributed by atoms with Crippen molar-refractivity contribution in [2.45, 2.75) is 20.3 Å². The third-order valence-corrected chi connectivity index (χ3v) is 1.86. The zero-order valence-electron chi connectivity index (χ0n) is 9.36. The van der Waals surface area contributed by atoms with Gasteiger partial charge < -0.3 is 9.15 Å². The molecule has 0 aliphatic carbocycles. The minimum absolute atomic E-state index is 0.0734. The van der Waals surface area contributed by atoms with Gasteiger partial charge in [-0.2, -0.15) is 0 Å². The summed E-state index contributed by atoms with van der Waals surface area (Å²) in [5.41, 5.74) is 1.08. The minimum atomic E-state index is -0.459. The second-order valence-corrected chi connectivity index (χ2v) is 3.33. The summed E-state index contributed by atoms with van der Waals surface area (Å²) in [6, 6.07) is 1.71. The molecule has 1 aromatic rings. The van der Waals surface area contributed by atoms with Gasteiger partial charge in [-0.15, -0.1) is 0 Å². The number of esters is 1. The zero-order valence-corrected chi connectivity index (χ0v) is 9.36. The van der Waals surface area contributed by atoms with E-state index >= 15 is 0 Å². The minimum Gasteiger partial charge on any atom is -0.472 e. The number of hydrogen-bond donors (Lipinski definition) is 0. The van der Waals surface area contributed by atoms with Gasteiger partial charge in [-0.05, 0) is 26.0 Å². The number of ether oxygens (including phenoxy) is 1. The standard InChI is InChI=1S/C12H14O4/c1-3-16-12(14)11(6-9(2)13)7-10-4-5-15-8-10/h4-5,7-8H,3,6H2,1-2H3. The fourth-order valence-corrected chi connectivity index (χ4v) is 1.23. The van der Waals surface area contributed by atoms with Gasteiger partial charge >= 0.3 is 5.97 Å². The largest absolute Gasteiger partial charge is 0.472 e. The molecule has 0 bridgehead atoms. The lowest BCUT2D eigenvalue weighted by molar-refractivity contribution is -0.139. The summed E-state index contributed by atoms with van der Waals surface area (Å²) in [5, 5.41) is 0. The van der Waals surface area contributed by atoms with Gasteiger partial charge in [-0.1, -0.05) is 0 Å². The lowest BCUT2D eigenvalue weighted by atomic mass is 10.1. The highest BCUT2D eigenvalue weighted by Gasteiger charge is 2.12. The van der Waals surface area contributed by atoms with Crippen LogP contribution in [0.2, 0.25) is 0 Å². The number of hydrogen-bond acceptors (Lipinski definition) is 4. The first kappa shape index (κ1) is 12.2. The summed E-state index contributed by atoms with van der Waals surface area (Å²) in [5.74, 6) is -0.540. The SMILES string of the molecule is CCOC(=O)C(=Cc1ccoc1)CC(C)=O. The molecule has 0 unspecified atom stereocenters. The second-order valence-electron chi connectivity index (χ2n) is 3.33. The van der Waals surface area contributed by atoms with Gasteiger partial charge in [-0.3, -0.25) is 4.79 Å². The summed E-state index contributed by atoms with van der Waals surface area (Å²) in [4.78, 5) is 22.6. The number of furan rings is 1. The van der Waals surface area contributed by atoms with Crippen LogP contribution in [0.1, 0.15) is 25.8 Å². The van der Waals surface area contributed by atoms with Crippen LogP contribution in [0.15, 0.2) is 28.6 Å². The molecule has 0 aromatic carbocycles. The van der Waals surface area contributed by atoms with Crippen LogP contribution < -0.4 is 0 Å². The van der Waals surface area contributed by atoms with Crippen molar-refractivity contribution < 1.29 is 18.7 Å². The number of rotatable bonds is 5. The normalized spacial score (nSPS) is 11.2. The van der Waals surface area contributed by atoms with Crippen molar-refractivity contribution in [3.63, 3.8) is 0 Å². The molecular formula is C12H14O4. The molecule has 0 radical (unpaired) electrons. The first-order chi connectivity index (χ1) is 7.63. The van der Waals surface area contributed by atoms with Crippen molar-refractivity contribution in [3.8, 4) is 0 Å². The van der Waals surface area contributed by atoms with E-state index in [2.05, 4.69) is 0 Å². The van der Waals surface area contributed by atoms with Crippen LogP contribution in [0.3, 0.4) is 0 Å². The average Bonchev–Trinajstić information content (AvgIpc) is 2.69. The first-order valence-corrected chi connectivity index (χ1v) is 5.02. The van der Waals surface area contributed by atoms with Gasteiger partial charge in [-0.25, -0.2) is 4.79 Å². The van der Waals surface area contributed by atoms with Gasteiger partial charge in [0.15, 0.2) is 0 Å². The van der Waals surface area contributed by atoms with E-state index < -0.39 is 5.97 Å². The van der Waals surface area contributed by atoms with E-state index in [4.69, 9.17) is 9.15 Å². The third-order valence-electron chi connectivity index (χ3n) is 1.86. The fraction of sp³-hybridized carbons (Fsp3) is 0.333. The van der Waals surface area contributed by atoms with E-state index in [1.54, 1.807) is 19.1 Å². The number of carbonyl (C=O) groups excluding carboxylic acids is 2. The maximum Gasteiger partial charge on any atom is 0.334 e. The monoisotopic (exact) mass is 222 g/mol. The molecule has 4 heteroatoms. The van der Waals surface area contributed by atoms with Crippen molar-refractivity contribution >= 4 is 17.8 Å². The van der Waals surface area contributed by atoms with Gasteiger partial charge in [0.2, 0.25) is 0 Å². The Morgan fingerprint density at radius 3 is 2.75 bits per heavy atom. The Kier molecular flexibility index (Phi) is 4.51. The van der Waals surface area contributed by atoms with Crippen molar-refractivity contribution in [2.24, 2.45) is 0 Å². The Morgan fingerprint density at radius 1 is 1.50 bits per heavy atom. The molecule has 0 atom stereocenters. The molecule has 0 aliphatic heterocycles. The molecule has 0 aliphatic rings. The van der Waals surface area contributed by atoms with E-state index in [1.165, 1.54) is 19.5 Å². The highest BCUT2D eigenvalue weighted by Crippen LogP contribution is 2.12. The van der Waals surface area contributed by atoms with Crippen LogP contribution in [-0.4, -0.2) is 18.4 Å². The smallest absolute Gasteiger partial charge is 0.334 e. The third kappa shape index (κ3) is 3.73. The molecule has 16 heavy (non-hydrogen) atoms. The molecule has 0 fully saturated rings. The van der Waals surface area contributed by atoms with Crippen molar-refractivity contribution in [3.05, 3.63) is 29.7 Å². The number of Topliss-reactive ketones (excluding diaryl/α,β-unsaturated/α-hetero) is 1. The Morgan fingerprint density at radius 2 is 2.25 bits per heavy atom. The maximum atomic E-state index is 11.5. The molecule has 1 rings (SSSR count). The van der Waals surface area contributed by atoms with Gasteiger partial charge in [0, 0.05) is 17.6 Å². The van der Waals surface area contributed by atoms with E-state index in [0.29, 0.717) is 12.2 Å². The van der Waals surface area contributed by atoms with Crippen LogP contribution >= 0.6 is 0 Å². The van der Waals surface area contributed by atoms with Crippen LogP contribution in [0, 0.1) is 0 Å². The molecule has 1 heterocycles. The van der Waals surface area contributed by atoms with Gasteiger partial charge in [0.1, 0.15) is 5.78 Å². The van der Waals surface area contributed by atoms with Gasteiger partial charge in [0.25, 0.3) is 0 Å². The molecule has 0 spiro atoms. The van der Waals surface area contributed by atoms with Crippen LogP contribution in [0.25, 0.3) is 6.08 Å². The molecule has 0 amide bonds. The molecule has 86 valence electrons. The Hall–Kier alpha value is -1.84. The zero-order chi connectivity index (χ0) is 12.0. The topological polar surface area (TPSA) is 56.5 Å². The van der Waals surface area contributed by atoms with Crippen LogP contribution in [0.4, 0.5) is 0 Å². The summed E-state index contributed by atoms with van der Waals surface area (Å²) in [6.07, 6.45) is 4.68. The lowest BCUT2D eigenvalue weighted by Gasteiger charge is -2.04. The molecule has 0 N–H and O–H groups in total. The summed E-state index contributed by atoms with van der Waals surface area (Å²) in [7, 11) is 0. The quantitative estimate of drug-likeness (QED) is 0.566. The van der Waals surface area contributed by atoms with E-state index in [0.717, 1.165) is 5.56 Å². The fourth-order valence-electron chi connectivity index (χ4n) is 1.23. The van der Waals surface area contributed by atoms with Crippen LogP contribution in [-0.2, 0) is 14.3 Å². The van der Waals surface area contributed by atoms with Gasteiger partial charge in [0.05, 0.1) is 19.1 Å². The van der Waals surface area contributed by atoms with Crippen molar-refractivity contribution in [1.82, 2.24) is 0 Å². The average molecular weight is 222 g/mol. The Labute approximate surface area is 93.9 Å². The molecular weight excluding hydrogens is 208 g/mol. The Balaban J connectivity index is 2.86. The highest BCUT2D eigenvalue weighted by atomic mass is 16.5. The first-order valence-electron chi connectivity index (χ1n) is 5.02. The molecule has 0 saturated heterocycles. The summed E-state index contributed by atoms with van der Waals surface area (Å²) >= 11 is 0. The number of ketones is 1. The van der Waals surface area contributed by atoms with E-state index in [-0.39, 0.29) is 12.2 Å². The predicted molar refractivity (Wildman–Crippen MR) is 58.6 cm³/mol. The Bertz CT molecular complexity index is 387. The lowest BCUT2D eigenvalue weighted by Crippen LogP contribution is -2.10. The number of carbonyl (C=O) groups is 2. The van der Waals surface area contributed by atoms with Crippen LogP contribution in [0.5, 0.6) is 0 Å². The molecule has 4 nitrogen and oxygen atoms in total. The second kappa shape index (κ2) is 5.90. The molecule has 0 saturated carbocycles. The van der Waals surface area contributed by atoms with Crippen molar-refractivity contribution in [2.75, 3.05) is 6.61 Å². The predicted octanol–water partition coefficient (Wildman–Crippen LogP) is 2.21. The highest BCUT2D eigenvalue weighted by molar-refractivity contribution is 5.99. The summed E-state index contributed by atoms with van der Waals surface area (Å²) in [6.45, 7) is 3.45. The summed E-state index contributed by atoms with van der Waals surface area (Å²) < 4.78 is 9.74. The van der Waals surface area contributed by atoms with E-state index in [1.807, 2.05) is 0 Å².